The van der Waals surface area contributed by atoms with Crippen molar-refractivity contribution in [2.75, 3.05) is 5.32 Å². The third kappa shape index (κ3) is 2.38. The van der Waals surface area contributed by atoms with Crippen LogP contribution in [0, 0.1) is 0 Å². The molecule has 0 radical (unpaired) electrons. The highest BCUT2D eigenvalue weighted by Crippen LogP contribution is 2.40. The number of anilines is 1. The number of hydrogen-bond donors (Lipinski definition) is 2. The molecule has 2 aromatic heterocycles. The van der Waals surface area contributed by atoms with E-state index >= 15 is 0 Å². The average molecular weight is 331 g/mol. The van der Waals surface area contributed by atoms with Crippen LogP contribution in [0.3, 0.4) is 0 Å². The number of nitrogens with zero attached hydrogens (tertiary/aromatic N) is 3. The van der Waals surface area contributed by atoms with Gasteiger partial charge >= 0.3 is 0 Å². The fourth-order valence-corrected chi connectivity index (χ4v) is 3.28. The number of benzene rings is 2. The lowest BCUT2D eigenvalue weighted by atomic mass is 10.1. The third-order valence-corrected chi connectivity index (χ3v) is 4.82. The molecule has 0 saturated heterocycles. The molecule has 0 spiro atoms. The van der Waals surface area contributed by atoms with Gasteiger partial charge in [0.25, 0.3) is 5.91 Å². The Bertz CT molecular complexity index is 1120. The summed E-state index contributed by atoms with van der Waals surface area (Å²) >= 11 is 0. The molecule has 0 unspecified atom stereocenters. The number of aromatic amines is 1. The second-order valence-corrected chi connectivity index (χ2v) is 6.63. The van der Waals surface area contributed by atoms with Gasteiger partial charge in [-0.25, -0.2) is 4.98 Å². The number of nitrogens with one attached hydrogen (secondary N) is 2. The van der Waals surface area contributed by atoms with E-state index in [1.807, 2.05) is 43.4 Å². The normalized spacial score (nSPS) is 14.3. The van der Waals surface area contributed by atoms with Crippen LogP contribution < -0.4 is 5.32 Å². The van der Waals surface area contributed by atoms with Gasteiger partial charge in [-0.05, 0) is 49.2 Å². The molecule has 0 atom stereocenters. The molecule has 1 amide bonds. The number of aromatic nitrogens is 4. The molecule has 4 aromatic rings. The van der Waals surface area contributed by atoms with E-state index in [-0.39, 0.29) is 5.91 Å². The Labute approximate surface area is 143 Å². The molecule has 1 aliphatic rings. The molecule has 0 bridgehead atoms. The van der Waals surface area contributed by atoms with Crippen LogP contribution in [0.1, 0.15) is 34.9 Å². The van der Waals surface area contributed by atoms with E-state index in [4.69, 9.17) is 4.98 Å². The molecule has 2 heterocycles. The van der Waals surface area contributed by atoms with Crippen molar-refractivity contribution in [3.05, 3.63) is 54.0 Å². The van der Waals surface area contributed by atoms with E-state index in [0.717, 1.165) is 33.4 Å². The van der Waals surface area contributed by atoms with Gasteiger partial charge in [-0.2, -0.15) is 5.10 Å². The zero-order chi connectivity index (χ0) is 17.0. The Morgan fingerprint density at radius 1 is 1.24 bits per heavy atom. The molecule has 0 aliphatic heterocycles. The predicted molar refractivity (Wildman–Crippen MR) is 96.7 cm³/mol. The first-order chi connectivity index (χ1) is 12.2. The van der Waals surface area contributed by atoms with Gasteiger partial charge in [-0.15, -0.1) is 0 Å². The molecule has 124 valence electrons. The number of aryl methyl sites for hydroxylation is 1. The second-order valence-electron chi connectivity index (χ2n) is 6.63. The Morgan fingerprint density at radius 3 is 2.96 bits per heavy atom. The SMILES string of the molecule is Cn1c(C2CC2)nc2cc(C(=O)Nc3ccc4cn[nH]c4c3)ccc21. The molecule has 5 rings (SSSR count). The van der Waals surface area contributed by atoms with Crippen molar-refractivity contribution in [1.29, 1.82) is 0 Å². The zero-order valence-electron chi connectivity index (χ0n) is 13.8. The number of rotatable bonds is 3. The van der Waals surface area contributed by atoms with Gasteiger partial charge in [0.05, 0.1) is 22.7 Å². The summed E-state index contributed by atoms with van der Waals surface area (Å²) in [6.45, 7) is 0. The van der Waals surface area contributed by atoms with E-state index in [1.54, 1.807) is 6.20 Å². The molecule has 25 heavy (non-hydrogen) atoms. The van der Waals surface area contributed by atoms with Crippen molar-refractivity contribution in [1.82, 2.24) is 19.7 Å². The van der Waals surface area contributed by atoms with Gasteiger partial charge in [-0.1, -0.05) is 0 Å². The van der Waals surface area contributed by atoms with E-state index in [0.29, 0.717) is 11.5 Å². The maximum absolute atomic E-state index is 12.6. The Hall–Kier alpha value is -3.15. The molecule has 1 fully saturated rings. The Balaban J connectivity index is 1.46. The van der Waals surface area contributed by atoms with Crippen molar-refractivity contribution in [2.24, 2.45) is 7.05 Å². The maximum Gasteiger partial charge on any atom is 0.255 e. The minimum Gasteiger partial charge on any atom is -0.331 e. The van der Waals surface area contributed by atoms with Crippen molar-refractivity contribution in [3.8, 4) is 0 Å². The van der Waals surface area contributed by atoms with Crippen LogP contribution >= 0.6 is 0 Å². The fraction of sp³-hybridized carbons (Fsp3) is 0.211. The summed E-state index contributed by atoms with van der Waals surface area (Å²) in [4.78, 5) is 17.3. The van der Waals surface area contributed by atoms with Gasteiger partial charge < -0.3 is 9.88 Å². The molecular formula is C19H17N5O. The molecule has 2 N–H and O–H groups in total. The van der Waals surface area contributed by atoms with Crippen molar-refractivity contribution >= 4 is 33.5 Å². The minimum absolute atomic E-state index is 0.139. The first-order valence-corrected chi connectivity index (χ1v) is 8.40. The number of amides is 1. The summed E-state index contributed by atoms with van der Waals surface area (Å²) in [6, 6.07) is 11.4. The second kappa shape index (κ2) is 5.17. The third-order valence-electron chi connectivity index (χ3n) is 4.82. The topological polar surface area (TPSA) is 75.6 Å². The largest absolute Gasteiger partial charge is 0.331 e. The highest BCUT2D eigenvalue weighted by Gasteiger charge is 2.28. The van der Waals surface area contributed by atoms with Crippen molar-refractivity contribution < 1.29 is 4.79 Å². The van der Waals surface area contributed by atoms with E-state index in [1.165, 1.54) is 12.8 Å². The number of hydrogen-bond acceptors (Lipinski definition) is 3. The molecule has 1 aliphatic carbocycles. The fourth-order valence-electron chi connectivity index (χ4n) is 3.28. The lowest BCUT2D eigenvalue weighted by Crippen LogP contribution is -2.11. The predicted octanol–water partition coefficient (Wildman–Crippen LogP) is 3.58. The van der Waals surface area contributed by atoms with Crippen LogP contribution in [0.25, 0.3) is 21.9 Å². The van der Waals surface area contributed by atoms with Gasteiger partial charge in [0, 0.05) is 29.6 Å². The van der Waals surface area contributed by atoms with Crippen LogP contribution in [0.15, 0.2) is 42.6 Å². The number of imidazole rings is 1. The van der Waals surface area contributed by atoms with E-state index in [2.05, 4.69) is 20.1 Å². The molecule has 1 saturated carbocycles. The number of H-pyrrole nitrogens is 1. The van der Waals surface area contributed by atoms with E-state index < -0.39 is 0 Å². The van der Waals surface area contributed by atoms with Crippen LogP contribution in [0.4, 0.5) is 5.69 Å². The number of carbonyl (C=O) groups is 1. The molecule has 6 nitrogen and oxygen atoms in total. The van der Waals surface area contributed by atoms with Gasteiger partial charge in [-0.3, -0.25) is 9.89 Å². The summed E-state index contributed by atoms with van der Waals surface area (Å²) in [5.74, 6) is 1.56. The monoisotopic (exact) mass is 331 g/mol. The summed E-state index contributed by atoms with van der Waals surface area (Å²) in [5, 5.41) is 10.9. The number of fused-ring (bicyclic) bond motifs is 2. The Morgan fingerprint density at radius 2 is 2.12 bits per heavy atom. The van der Waals surface area contributed by atoms with Crippen LogP contribution in [0.2, 0.25) is 0 Å². The Kier molecular flexibility index (Phi) is 2.94. The summed E-state index contributed by atoms with van der Waals surface area (Å²) in [6.07, 6.45) is 4.18. The van der Waals surface area contributed by atoms with Gasteiger partial charge in [0.2, 0.25) is 0 Å². The van der Waals surface area contributed by atoms with E-state index in [9.17, 15) is 4.79 Å². The highest BCUT2D eigenvalue weighted by atomic mass is 16.1. The quantitative estimate of drug-likeness (QED) is 0.602. The van der Waals surface area contributed by atoms with Crippen LogP contribution in [-0.4, -0.2) is 25.7 Å². The van der Waals surface area contributed by atoms with Crippen molar-refractivity contribution in [3.63, 3.8) is 0 Å². The van der Waals surface area contributed by atoms with Gasteiger partial charge in [0.15, 0.2) is 0 Å². The molecule has 6 heteroatoms. The van der Waals surface area contributed by atoms with Gasteiger partial charge in [0.1, 0.15) is 5.82 Å². The lowest BCUT2D eigenvalue weighted by molar-refractivity contribution is 0.102. The maximum atomic E-state index is 12.6. The molecular weight excluding hydrogens is 314 g/mol. The zero-order valence-corrected chi connectivity index (χ0v) is 13.8. The smallest absolute Gasteiger partial charge is 0.255 e. The standard InChI is InChI=1S/C19H17N5O/c1-24-17-7-5-12(8-16(17)22-18(24)11-2-3-11)19(25)21-14-6-4-13-10-20-23-15(13)9-14/h4-11H,2-3H2,1H3,(H,20,23)(H,21,25). The summed E-state index contributed by atoms with van der Waals surface area (Å²) in [5.41, 5.74) is 4.18. The lowest BCUT2D eigenvalue weighted by Gasteiger charge is -2.06. The number of carbonyl (C=O) groups excluding carboxylic acids is 1. The molecule has 2 aromatic carbocycles. The first kappa shape index (κ1) is 14.2. The van der Waals surface area contributed by atoms with Crippen LogP contribution in [-0.2, 0) is 7.05 Å². The average Bonchev–Trinajstić information content (AvgIpc) is 3.26. The summed E-state index contributed by atoms with van der Waals surface area (Å²) in [7, 11) is 2.04. The highest BCUT2D eigenvalue weighted by molar-refractivity contribution is 6.06. The minimum atomic E-state index is -0.139. The van der Waals surface area contributed by atoms with Crippen molar-refractivity contribution in [2.45, 2.75) is 18.8 Å². The summed E-state index contributed by atoms with van der Waals surface area (Å²) < 4.78 is 2.14. The first-order valence-electron chi connectivity index (χ1n) is 8.40. The van der Waals surface area contributed by atoms with Crippen LogP contribution in [0.5, 0.6) is 0 Å².